The summed E-state index contributed by atoms with van der Waals surface area (Å²) in [4.78, 5) is 0. The van der Waals surface area contributed by atoms with Gasteiger partial charge in [-0.15, -0.1) is 0 Å². The number of esters is 1. The molecule has 0 aromatic rings. The van der Waals surface area contributed by atoms with Crippen LogP contribution in [-0.2, 0) is 9.31 Å². The normalized spacial score (nSPS) is 16.1. The van der Waals surface area contributed by atoms with Gasteiger partial charge in [-0.2, -0.15) is 0 Å². The molecule has 0 saturated carbocycles. The van der Waals surface area contributed by atoms with E-state index in [1.807, 2.05) is 20.8 Å². The van der Waals surface area contributed by atoms with Crippen molar-refractivity contribution in [1.29, 1.82) is 0 Å². The fourth-order valence-corrected chi connectivity index (χ4v) is 1.84. The first-order valence-corrected chi connectivity index (χ1v) is 5.88. The van der Waals surface area contributed by atoms with E-state index in [1.54, 1.807) is 0 Å². The van der Waals surface area contributed by atoms with E-state index in [-0.39, 0.29) is 17.0 Å². The maximum Gasteiger partial charge on any atom is 0.498 e. The second-order valence-corrected chi connectivity index (χ2v) is 6.74. The van der Waals surface area contributed by atoms with Gasteiger partial charge in [0.15, 0.2) is 5.60 Å². The van der Waals surface area contributed by atoms with Crippen LogP contribution in [0.25, 0.3) is 0 Å². The van der Waals surface area contributed by atoms with E-state index in [4.69, 9.17) is 4.74 Å². The van der Waals surface area contributed by atoms with Gasteiger partial charge in [0, 0.05) is 20.8 Å². The van der Waals surface area contributed by atoms with Crippen molar-refractivity contribution in [3.8, 4) is 0 Å². The highest BCUT2D eigenvalue weighted by atomic mass is 17.1. The summed E-state index contributed by atoms with van der Waals surface area (Å²) >= 11 is 0. The second kappa shape index (κ2) is 5.55. The van der Waals surface area contributed by atoms with Crippen LogP contribution in [0.2, 0.25) is 0 Å². The molecule has 0 bridgehead atoms. The monoisotopic (exact) mass is 230 g/mol. The molecule has 0 aromatic heterocycles. The van der Waals surface area contributed by atoms with Crippen molar-refractivity contribution < 1.29 is 14.6 Å². The lowest BCUT2D eigenvalue weighted by molar-refractivity contribution is -1.05. The Labute approximate surface area is 99.4 Å². The van der Waals surface area contributed by atoms with Crippen LogP contribution in [0.3, 0.4) is 0 Å². The first kappa shape index (κ1) is 15.3. The molecule has 0 heterocycles. The smallest absolute Gasteiger partial charge is 0.498 e. The third-order valence-electron chi connectivity index (χ3n) is 1.99. The van der Waals surface area contributed by atoms with Gasteiger partial charge in [0.05, 0.1) is 0 Å². The molecular weight excluding hydrogens is 204 g/mol. The van der Waals surface area contributed by atoms with Gasteiger partial charge in [-0.05, 0) is 17.8 Å². The number of ether oxygens (including phenoxy) is 1. The van der Waals surface area contributed by atoms with Crippen LogP contribution in [0.1, 0.15) is 61.3 Å². The average molecular weight is 230 g/mol. The Hall–Kier alpha value is -0.730. The summed E-state index contributed by atoms with van der Waals surface area (Å²) in [5.74, 6) is 0.579. The van der Waals surface area contributed by atoms with Crippen LogP contribution in [0, 0.1) is 11.3 Å². The maximum absolute atomic E-state index is 10.5. The number of rotatable bonds is 3. The Bertz CT molecular complexity index is 231. The summed E-state index contributed by atoms with van der Waals surface area (Å²) in [6.07, 6.45) is 1.60. The lowest BCUT2D eigenvalue weighted by atomic mass is 9.84. The van der Waals surface area contributed by atoms with Crippen LogP contribution in [0.15, 0.2) is 0 Å². The van der Waals surface area contributed by atoms with Crippen LogP contribution in [-0.4, -0.2) is 11.6 Å². The molecule has 0 amide bonds. The third kappa shape index (κ3) is 8.57. The van der Waals surface area contributed by atoms with Gasteiger partial charge in [-0.25, -0.2) is 0 Å². The Morgan fingerprint density at radius 2 is 1.69 bits per heavy atom. The lowest BCUT2D eigenvalue weighted by Crippen LogP contribution is -2.28. The highest BCUT2D eigenvalue weighted by Gasteiger charge is 2.29. The molecule has 0 aromatic carbocycles. The first-order chi connectivity index (χ1) is 7.03. The van der Waals surface area contributed by atoms with Crippen LogP contribution < -0.4 is 5.26 Å². The van der Waals surface area contributed by atoms with Gasteiger partial charge in [-0.3, -0.25) is 4.58 Å². The molecule has 16 heavy (non-hydrogen) atoms. The molecule has 0 aliphatic heterocycles. The summed E-state index contributed by atoms with van der Waals surface area (Å²) in [7, 11) is 0. The molecule has 0 spiro atoms. The van der Waals surface area contributed by atoms with E-state index in [2.05, 4.69) is 32.3 Å². The van der Waals surface area contributed by atoms with E-state index in [9.17, 15) is 5.26 Å². The van der Waals surface area contributed by atoms with Crippen molar-refractivity contribution in [2.75, 3.05) is 0 Å². The van der Waals surface area contributed by atoms with Crippen LogP contribution in [0.5, 0.6) is 0 Å². The van der Waals surface area contributed by atoms with Gasteiger partial charge in [0.1, 0.15) is 6.42 Å². The standard InChI is InChI=1S/C13H26O3/c1-10(9-12(2,3)4)8-11(16-14)15-13(5,6)7/h10H,8-9H2,1-7H3. The minimum atomic E-state index is -0.374. The Balaban J connectivity index is 4.25. The Kier molecular flexibility index (Phi) is 5.30. The highest BCUT2D eigenvalue weighted by molar-refractivity contribution is 5.70. The van der Waals surface area contributed by atoms with Crippen molar-refractivity contribution in [2.45, 2.75) is 66.9 Å². The molecule has 96 valence electrons. The van der Waals surface area contributed by atoms with Gasteiger partial charge < -0.3 is 9.99 Å². The van der Waals surface area contributed by atoms with Gasteiger partial charge in [-0.1, -0.05) is 27.7 Å². The molecule has 0 rings (SSSR count). The Morgan fingerprint density at radius 1 is 1.19 bits per heavy atom. The van der Waals surface area contributed by atoms with E-state index >= 15 is 0 Å². The minimum Gasteiger partial charge on any atom is -0.588 e. The quantitative estimate of drug-likeness (QED) is 0.324. The number of carbonyl (C=O) groups excluding carboxylic acids is 1. The summed E-state index contributed by atoms with van der Waals surface area (Å²) < 4.78 is 9.51. The van der Waals surface area contributed by atoms with Crippen LogP contribution in [0.4, 0.5) is 0 Å². The lowest BCUT2D eigenvalue weighted by Gasteiger charge is -2.22. The number of hydrogen-bond acceptors (Lipinski definition) is 2. The fraction of sp³-hybridized carbons (Fsp3) is 0.923. The molecule has 1 unspecified atom stereocenters. The molecule has 0 radical (unpaired) electrons. The zero-order valence-corrected chi connectivity index (χ0v) is 11.7. The van der Waals surface area contributed by atoms with Crippen molar-refractivity contribution in [1.82, 2.24) is 0 Å². The van der Waals surface area contributed by atoms with Gasteiger partial charge in [0.25, 0.3) is 0 Å². The van der Waals surface area contributed by atoms with Crippen LogP contribution >= 0.6 is 0 Å². The van der Waals surface area contributed by atoms with Crippen molar-refractivity contribution in [3.05, 3.63) is 0 Å². The molecule has 0 aliphatic carbocycles. The van der Waals surface area contributed by atoms with Crippen molar-refractivity contribution in [3.63, 3.8) is 0 Å². The predicted octanol–water partition coefficient (Wildman–Crippen LogP) is 2.60. The summed E-state index contributed by atoms with van der Waals surface area (Å²) in [6, 6.07) is 0. The molecule has 1 atom stereocenters. The topological polar surface area (TPSA) is 43.6 Å². The minimum absolute atomic E-state index is 0.198. The first-order valence-electron chi connectivity index (χ1n) is 5.88. The van der Waals surface area contributed by atoms with E-state index in [1.165, 1.54) is 0 Å². The summed E-state index contributed by atoms with van der Waals surface area (Å²) in [6.45, 7) is 14.4. The predicted molar refractivity (Wildman–Crippen MR) is 63.7 cm³/mol. The molecule has 0 fully saturated rings. The zero-order chi connectivity index (χ0) is 13.0. The molecule has 3 nitrogen and oxygen atoms in total. The molecule has 0 N–H and O–H groups in total. The van der Waals surface area contributed by atoms with Gasteiger partial charge in [0.2, 0.25) is 0 Å². The SMILES string of the molecule is CC(CC(OC(C)(C)C)=[O+][O-])CC(C)(C)C. The third-order valence-corrected chi connectivity index (χ3v) is 1.99. The summed E-state index contributed by atoms with van der Waals surface area (Å²) in [5.41, 5.74) is -0.115. The molecule has 0 saturated heterocycles. The molecular formula is C13H26O3. The maximum atomic E-state index is 10.5. The fourth-order valence-electron chi connectivity index (χ4n) is 1.84. The highest BCUT2D eigenvalue weighted by Crippen LogP contribution is 2.26. The largest absolute Gasteiger partial charge is 0.588 e. The summed E-state index contributed by atoms with van der Waals surface area (Å²) in [5, 5.41) is 10.5. The average Bonchev–Trinajstić information content (AvgIpc) is 1.96. The van der Waals surface area contributed by atoms with Crippen molar-refractivity contribution >= 4 is 5.97 Å². The molecule has 3 heteroatoms. The van der Waals surface area contributed by atoms with Crippen molar-refractivity contribution in [2.24, 2.45) is 11.3 Å². The zero-order valence-electron chi connectivity index (χ0n) is 11.7. The molecule has 0 aliphatic rings. The Morgan fingerprint density at radius 3 is 2.00 bits per heavy atom. The van der Waals surface area contributed by atoms with Gasteiger partial charge >= 0.3 is 5.97 Å². The van der Waals surface area contributed by atoms with E-state index in [0.29, 0.717) is 12.3 Å². The van der Waals surface area contributed by atoms with E-state index < -0.39 is 0 Å². The van der Waals surface area contributed by atoms with E-state index in [0.717, 1.165) is 6.42 Å². The second-order valence-electron chi connectivity index (χ2n) is 6.74. The number of hydrogen-bond donors (Lipinski definition) is 0.